The van der Waals surface area contributed by atoms with Gasteiger partial charge in [-0.15, -0.1) is 0 Å². The van der Waals surface area contributed by atoms with Crippen LogP contribution < -0.4 is 14.1 Å². The number of benzene rings is 2. The van der Waals surface area contributed by atoms with E-state index in [-0.39, 0.29) is 25.1 Å². The van der Waals surface area contributed by atoms with Gasteiger partial charge in [0.15, 0.2) is 5.75 Å². The summed E-state index contributed by atoms with van der Waals surface area (Å²) in [6.07, 6.45) is 4.54. The van der Waals surface area contributed by atoms with Crippen LogP contribution in [-0.4, -0.2) is 51.5 Å². The summed E-state index contributed by atoms with van der Waals surface area (Å²) in [4.78, 5) is 31.0. The molecule has 4 rings (SSSR count). The zero-order valence-electron chi connectivity index (χ0n) is 26.4. The minimum atomic E-state index is -2.37. The van der Waals surface area contributed by atoms with Crippen molar-refractivity contribution in [2.45, 2.75) is 84.0 Å². The molecular formula is C34H46N2O5Si. The van der Waals surface area contributed by atoms with Crippen molar-refractivity contribution < 1.29 is 23.5 Å². The molecule has 42 heavy (non-hydrogen) atoms. The lowest BCUT2D eigenvalue weighted by molar-refractivity contribution is 0.0794. The van der Waals surface area contributed by atoms with E-state index in [0.29, 0.717) is 45.8 Å². The lowest BCUT2D eigenvalue weighted by Crippen LogP contribution is -2.50. The minimum absolute atomic E-state index is 0.0733. The number of hydrogen-bond acceptors (Lipinski definition) is 5. The van der Waals surface area contributed by atoms with Crippen LogP contribution in [0.15, 0.2) is 55.3 Å². The number of rotatable bonds is 10. The SMILES string of the molecule is C=CCOC(=O)N1C[C@@H]2CC(c3ccc(CC)cc3)=CN2C(=O)c2cc(OC)c(O[Si](C(C)C)(C(C)C)C(C)C)cc21. The Labute approximate surface area is 252 Å². The number of carbonyl (C=O) groups is 2. The topological polar surface area (TPSA) is 68.3 Å². The van der Waals surface area contributed by atoms with E-state index in [2.05, 4.69) is 79.3 Å². The molecule has 1 atom stereocenters. The molecule has 0 saturated carbocycles. The van der Waals surface area contributed by atoms with Crippen LogP contribution >= 0.6 is 0 Å². The lowest BCUT2D eigenvalue weighted by Gasteiger charge is -2.42. The normalized spacial score (nSPS) is 16.8. The lowest BCUT2D eigenvalue weighted by atomic mass is 10.0. The molecule has 2 aromatic rings. The summed E-state index contributed by atoms with van der Waals surface area (Å²) in [5.74, 6) is 0.860. The van der Waals surface area contributed by atoms with Gasteiger partial charge in [-0.3, -0.25) is 9.69 Å². The Morgan fingerprint density at radius 2 is 1.69 bits per heavy atom. The molecule has 0 fully saturated rings. The number of ether oxygens (including phenoxy) is 2. The van der Waals surface area contributed by atoms with E-state index in [1.807, 2.05) is 12.3 Å². The zero-order valence-corrected chi connectivity index (χ0v) is 27.4. The number of hydrogen-bond donors (Lipinski definition) is 0. The van der Waals surface area contributed by atoms with Crippen LogP contribution in [0.3, 0.4) is 0 Å². The highest BCUT2D eigenvalue weighted by molar-refractivity contribution is 6.78. The Balaban J connectivity index is 1.83. The minimum Gasteiger partial charge on any atom is -0.540 e. The highest BCUT2D eigenvalue weighted by Gasteiger charge is 2.48. The van der Waals surface area contributed by atoms with Crippen molar-refractivity contribution in [1.82, 2.24) is 4.90 Å². The number of nitrogens with zero attached hydrogens (tertiary/aromatic N) is 2. The van der Waals surface area contributed by atoms with Crippen LogP contribution in [0.2, 0.25) is 16.6 Å². The van der Waals surface area contributed by atoms with Gasteiger partial charge in [0.25, 0.3) is 14.2 Å². The molecular weight excluding hydrogens is 544 g/mol. The van der Waals surface area contributed by atoms with Gasteiger partial charge in [0.1, 0.15) is 12.4 Å². The molecule has 2 amide bonds. The van der Waals surface area contributed by atoms with Gasteiger partial charge in [-0.2, -0.15) is 0 Å². The summed E-state index contributed by atoms with van der Waals surface area (Å²) < 4.78 is 18.4. The first-order valence-corrected chi connectivity index (χ1v) is 17.2. The summed E-state index contributed by atoms with van der Waals surface area (Å²) in [5, 5.41) is 0. The maximum Gasteiger partial charge on any atom is 0.414 e. The average molecular weight is 591 g/mol. The molecule has 2 heterocycles. The van der Waals surface area contributed by atoms with Crippen molar-refractivity contribution in [3.8, 4) is 11.5 Å². The van der Waals surface area contributed by atoms with E-state index in [1.165, 1.54) is 5.56 Å². The van der Waals surface area contributed by atoms with Crippen molar-refractivity contribution >= 4 is 31.6 Å². The van der Waals surface area contributed by atoms with E-state index in [1.54, 1.807) is 29.1 Å². The third-order valence-electron chi connectivity index (χ3n) is 8.85. The third kappa shape index (κ3) is 5.73. The Hall–Kier alpha value is -3.52. The molecule has 8 heteroatoms. The summed E-state index contributed by atoms with van der Waals surface area (Å²) in [6, 6.07) is 11.7. The second-order valence-corrected chi connectivity index (χ2v) is 17.6. The Kier molecular flexibility index (Phi) is 9.55. The fourth-order valence-electron chi connectivity index (χ4n) is 6.76. The van der Waals surface area contributed by atoms with Gasteiger partial charge in [0.2, 0.25) is 0 Å². The monoisotopic (exact) mass is 590 g/mol. The van der Waals surface area contributed by atoms with Crippen LogP contribution in [0.25, 0.3) is 5.57 Å². The first-order chi connectivity index (χ1) is 20.0. The zero-order chi connectivity index (χ0) is 30.8. The first kappa shape index (κ1) is 31.4. The molecule has 0 aromatic heterocycles. The van der Waals surface area contributed by atoms with Crippen molar-refractivity contribution in [3.05, 3.63) is 71.9 Å². The Morgan fingerprint density at radius 1 is 1.05 bits per heavy atom. The number of methoxy groups -OCH3 is 1. The number of anilines is 1. The fraction of sp³-hybridized carbons (Fsp3) is 0.471. The molecule has 0 unspecified atom stereocenters. The number of amides is 2. The smallest absolute Gasteiger partial charge is 0.414 e. The van der Waals surface area contributed by atoms with Crippen LogP contribution in [0.5, 0.6) is 11.5 Å². The molecule has 0 bridgehead atoms. The standard InChI is InChI=1S/C34H46N2O5Si/c1-10-16-40-34(38)36-21-28-17-27(26-14-12-25(11-2)13-15-26)20-35(28)33(37)29-18-31(39-9)32(19-30(29)36)41-42(22(3)4,23(5)6)24(7)8/h10,12-15,18-20,22-24,28H,1,11,16-17,21H2,2-9H3/t28-/m0/s1. The van der Waals surface area contributed by atoms with E-state index in [4.69, 9.17) is 13.9 Å². The maximum atomic E-state index is 14.2. The molecule has 2 aromatic carbocycles. The summed E-state index contributed by atoms with van der Waals surface area (Å²) >= 11 is 0. The van der Waals surface area contributed by atoms with E-state index in [9.17, 15) is 9.59 Å². The van der Waals surface area contributed by atoms with Crippen molar-refractivity contribution in [1.29, 1.82) is 0 Å². The molecule has 0 saturated heterocycles. The predicted molar refractivity (Wildman–Crippen MR) is 172 cm³/mol. The number of fused-ring (bicyclic) bond motifs is 2. The van der Waals surface area contributed by atoms with Gasteiger partial charge in [-0.1, -0.05) is 85.4 Å². The third-order valence-corrected chi connectivity index (χ3v) is 14.8. The molecule has 0 N–H and O–H groups in total. The van der Waals surface area contributed by atoms with E-state index < -0.39 is 14.4 Å². The van der Waals surface area contributed by atoms with Gasteiger partial charge in [0.05, 0.1) is 30.9 Å². The summed E-state index contributed by atoms with van der Waals surface area (Å²) in [5.41, 5.74) is 5.24. The highest BCUT2D eigenvalue weighted by atomic mass is 28.4. The first-order valence-electron chi connectivity index (χ1n) is 15.1. The summed E-state index contributed by atoms with van der Waals surface area (Å²) in [6.45, 7) is 19.5. The van der Waals surface area contributed by atoms with Gasteiger partial charge < -0.3 is 18.8 Å². The van der Waals surface area contributed by atoms with Gasteiger partial charge in [0, 0.05) is 12.3 Å². The molecule has 2 aliphatic heterocycles. The van der Waals surface area contributed by atoms with Gasteiger partial charge >= 0.3 is 6.09 Å². The van der Waals surface area contributed by atoms with Gasteiger partial charge in [-0.25, -0.2) is 4.79 Å². The highest BCUT2D eigenvalue weighted by Crippen LogP contribution is 2.47. The van der Waals surface area contributed by atoms with Crippen LogP contribution in [0.1, 0.15) is 76.4 Å². The van der Waals surface area contributed by atoms with Crippen LogP contribution in [0.4, 0.5) is 10.5 Å². The maximum absolute atomic E-state index is 14.2. The van der Waals surface area contributed by atoms with Crippen LogP contribution in [0, 0.1) is 0 Å². The molecule has 7 nitrogen and oxygen atoms in total. The van der Waals surface area contributed by atoms with E-state index in [0.717, 1.165) is 17.6 Å². The molecule has 0 spiro atoms. The summed E-state index contributed by atoms with van der Waals surface area (Å²) in [7, 11) is -0.781. The molecule has 2 aliphatic rings. The Morgan fingerprint density at radius 3 is 2.24 bits per heavy atom. The quantitative estimate of drug-likeness (QED) is 0.206. The second-order valence-electron chi connectivity index (χ2n) is 12.2. The average Bonchev–Trinajstić information content (AvgIpc) is 3.35. The van der Waals surface area contributed by atoms with Gasteiger partial charge in [-0.05, 0) is 52.2 Å². The molecule has 0 aliphatic carbocycles. The molecule has 226 valence electrons. The van der Waals surface area contributed by atoms with Crippen molar-refractivity contribution in [2.75, 3.05) is 25.2 Å². The Bertz CT molecular complexity index is 1330. The van der Waals surface area contributed by atoms with E-state index >= 15 is 0 Å². The largest absolute Gasteiger partial charge is 0.540 e. The van der Waals surface area contributed by atoms with Crippen molar-refractivity contribution in [2.24, 2.45) is 0 Å². The second kappa shape index (κ2) is 12.8. The van der Waals surface area contributed by atoms with Crippen molar-refractivity contribution in [3.63, 3.8) is 0 Å². The molecule has 0 radical (unpaired) electrons. The number of aryl methyl sites for hydroxylation is 1. The predicted octanol–water partition coefficient (Wildman–Crippen LogP) is 8.21. The fourth-order valence-corrected chi connectivity index (χ4v) is 12.0. The van der Waals surface area contributed by atoms with Crippen LogP contribution in [-0.2, 0) is 11.2 Å². The number of carbonyl (C=O) groups excluding carboxylic acids is 2.